The highest BCUT2D eigenvalue weighted by Crippen LogP contribution is 2.21. The fourth-order valence-electron chi connectivity index (χ4n) is 1.50. The average Bonchev–Trinajstić information content (AvgIpc) is 2.66. The predicted octanol–water partition coefficient (Wildman–Crippen LogP) is 2.07. The van der Waals surface area contributed by atoms with Crippen LogP contribution in [0, 0.1) is 0 Å². The summed E-state index contributed by atoms with van der Waals surface area (Å²) in [6.45, 7) is 0.406. The van der Waals surface area contributed by atoms with Crippen LogP contribution >= 0.6 is 15.9 Å². The fourth-order valence-corrected chi connectivity index (χ4v) is 1.96. The van der Waals surface area contributed by atoms with Crippen LogP contribution in [0.15, 0.2) is 33.7 Å². The first kappa shape index (κ1) is 11.1. The van der Waals surface area contributed by atoms with E-state index in [1.807, 2.05) is 24.3 Å². The molecule has 1 unspecified atom stereocenters. The van der Waals surface area contributed by atoms with Crippen LogP contribution in [0.1, 0.15) is 12.0 Å². The van der Waals surface area contributed by atoms with E-state index >= 15 is 0 Å². The van der Waals surface area contributed by atoms with Gasteiger partial charge in [-0.1, -0.05) is 12.1 Å². The molecular formula is C11H10BrNO3. The Morgan fingerprint density at radius 1 is 1.56 bits per heavy atom. The maximum absolute atomic E-state index is 10.5. The van der Waals surface area contributed by atoms with Crippen LogP contribution in [-0.2, 0) is 9.53 Å². The van der Waals surface area contributed by atoms with Crippen molar-refractivity contribution in [3.8, 4) is 0 Å². The van der Waals surface area contributed by atoms with Crippen LogP contribution in [0.5, 0.6) is 0 Å². The van der Waals surface area contributed by atoms with Crippen LogP contribution in [0.25, 0.3) is 0 Å². The molecule has 84 valence electrons. The Morgan fingerprint density at radius 3 is 3.00 bits per heavy atom. The molecule has 0 radical (unpaired) electrons. The van der Waals surface area contributed by atoms with Gasteiger partial charge < -0.3 is 9.84 Å². The number of carboxylic acid groups (broad SMARTS) is 1. The van der Waals surface area contributed by atoms with Crippen molar-refractivity contribution in [1.82, 2.24) is 0 Å². The average molecular weight is 284 g/mol. The third kappa shape index (κ3) is 2.41. The van der Waals surface area contributed by atoms with Crippen molar-refractivity contribution < 1.29 is 14.6 Å². The first-order chi connectivity index (χ1) is 7.66. The Bertz CT molecular complexity index is 445. The lowest BCUT2D eigenvalue weighted by atomic mass is 10.2. The summed E-state index contributed by atoms with van der Waals surface area (Å²) in [5.41, 5.74) is 0.857. The van der Waals surface area contributed by atoms with Gasteiger partial charge in [0.15, 0.2) is 0 Å². The van der Waals surface area contributed by atoms with Gasteiger partial charge in [-0.2, -0.15) is 0 Å². The van der Waals surface area contributed by atoms with E-state index in [1.54, 1.807) is 0 Å². The number of aliphatic imine (C=N–C) groups is 1. The maximum atomic E-state index is 10.5. The van der Waals surface area contributed by atoms with E-state index in [-0.39, 0.29) is 12.5 Å². The molecule has 0 aliphatic carbocycles. The molecule has 1 aliphatic rings. The predicted molar refractivity (Wildman–Crippen MR) is 62.7 cm³/mol. The van der Waals surface area contributed by atoms with Gasteiger partial charge in [-0.15, -0.1) is 0 Å². The molecule has 4 nitrogen and oxygen atoms in total. The summed E-state index contributed by atoms with van der Waals surface area (Å²) >= 11 is 3.40. The topological polar surface area (TPSA) is 58.9 Å². The number of rotatable bonds is 3. The standard InChI is InChI=1S/C11H10BrNO3/c12-9-4-2-1-3-8(9)11-13-6-7(16-11)5-10(14)15/h1-4,7H,5-6H2,(H,14,15). The van der Waals surface area contributed by atoms with Gasteiger partial charge in [0.05, 0.1) is 18.5 Å². The number of halogens is 1. The minimum atomic E-state index is -0.867. The molecule has 0 saturated heterocycles. The SMILES string of the molecule is O=C(O)CC1CN=C(c2ccccc2Br)O1. The molecule has 5 heteroatoms. The lowest BCUT2D eigenvalue weighted by Crippen LogP contribution is -2.18. The Kier molecular flexibility index (Phi) is 3.24. The number of carbonyl (C=O) groups is 1. The van der Waals surface area contributed by atoms with Crippen molar-refractivity contribution in [2.24, 2.45) is 4.99 Å². The van der Waals surface area contributed by atoms with Gasteiger partial charge >= 0.3 is 5.97 Å². The fraction of sp³-hybridized carbons (Fsp3) is 0.273. The summed E-state index contributed by atoms with van der Waals surface area (Å²) in [5.74, 6) is -0.354. The first-order valence-corrected chi connectivity index (χ1v) is 5.64. The van der Waals surface area contributed by atoms with E-state index in [4.69, 9.17) is 9.84 Å². The summed E-state index contributed by atoms with van der Waals surface area (Å²) in [4.78, 5) is 14.7. The van der Waals surface area contributed by atoms with Crippen LogP contribution < -0.4 is 0 Å². The minimum Gasteiger partial charge on any atom is -0.481 e. The molecule has 0 spiro atoms. The zero-order valence-corrected chi connectivity index (χ0v) is 9.98. The smallest absolute Gasteiger partial charge is 0.307 e. The Labute approximate surface area is 101 Å². The lowest BCUT2D eigenvalue weighted by molar-refractivity contribution is -0.138. The second-order valence-electron chi connectivity index (χ2n) is 3.46. The summed E-state index contributed by atoms with van der Waals surface area (Å²) < 4.78 is 6.37. The van der Waals surface area contributed by atoms with E-state index in [9.17, 15) is 4.79 Å². The Morgan fingerprint density at radius 2 is 2.31 bits per heavy atom. The molecule has 0 fully saturated rings. The first-order valence-electron chi connectivity index (χ1n) is 4.84. The number of aliphatic carboxylic acids is 1. The molecule has 0 aromatic heterocycles. The number of benzene rings is 1. The molecule has 1 aliphatic heterocycles. The molecule has 2 rings (SSSR count). The van der Waals surface area contributed by atoms with Crippen molar-refractivity contribution in [3.63, 3.8) is 0 Å². The molecule has 1 aromatic carbocycles. The molecular weight excluding hydrogens is 274 g/mol. The van der Waals surface area contributed by atoms with Gasteiger partial charge in [-0.25, -0.2) is 4.99 Å². The van der Waals surface area contributed by atoms with E-state index in [0.717, 1.165) is 10.0 Å². The van der Waals surface area contributed by atoms with Crippen LogP contribution in [0.4, 0.5) is 0 Å². The third-order valence-electron chi connectivity index (χ3n) is 2.22. The van der Waals surface area contributed by atoms with E-state index in [0.29, 0.717) is 12.4 Å². The van der Waals surface area contributed by atoms with Crippen molar-refractivity contribution in [2.45, 2.75) is 12.5 Å². The molecule has 1 heterocycles. The van der Waals surface area contributed by atoms with Gasteiger partial charge in [0.2, 0.25) is 5.90 Å². The van der Waals surface area contributed by atoms with Crippen LogP contribution in [0.2, 0.25) is 0 Å². The number of ether oxygens (including phenoxy) is 1. The van der Waals surface area contributed by atoms with E-state index < -0.39 is 5.97 Å². The molecule has 0 amide bonds. The van der Waals surface area contributed by atoms with E-state index in [1.165, 1.54) is 0 Å². The van der Waals surface area contributed by atoms with Crippen LogP contribution in [0.3, 0.4) is 0 Å². The largest absolute Gasteiger partial charge is 0.481 e. The number of hydrogen-bond acceptors (Lipinski definition) is 3. The molecule has 1 atom stereocenters. The minimum absolute atomic E-state index is 0.0164. The van der Waals surface area contributed by atoms with Crippen LogP contribution in [-0.4, -0.2) is 29.6 Å². The van der Waals surface area contributed by atoms with Crippen molar-refractivity contribution >= 4 is 27.8 Å². The molecule has 1 N–H and O–H groups in total. The van der Waals surface area contributed by atoms with Gasteiger partial charge in [0.1, 0.15) is 6.10 Å². The Hall–Kier alpha value is -1.36. The van der Waals surface area contributed by atoms with Gasteiger partial charge in [-0.3, -0.25) is 4.79 Å². The van der Waals surface area contributed by atoms with Gasteiger partial charge in [0, 0.05) is 4.47 Å². The summed E-state index contributed by atoms with van der Waals surface area (Å²) in [6, 6.07) is 7.56. The van der Waals surface area contributed by atoms with Crippen molar-refractivity contribution in [1.29, 1.82) is 0 Å². The monoisotopic (exact) mass is 283 g/mol. The highest BCUT2D eigenvalue weighted by molar-refractivity contribution is 9.10. The van der Waals surface area contributed by atoms with E-state index in [2.05, 4.69) is 20.9 Å². The highest BCUT2D eigenvalue weighted by Gasteiger charge is 2.24. The van der Waals surface area contributed by atoms with Gasteiger partial charge in [-0.05, 0) is 28.1 Å². The third-order valence-corrected chi connectivity index (χ3v) is 2.91. The Balaban J connectivity index is 2.09. The normalized spacial score (nSPS) is 19.1. The second kappa shape index (κ2) is 4.65. The summed E-state index contributed by atoms with van der Waals surface area (Å²) in [6.07, 6.45) is -0.364. The lowest BCUT2D eigenvalue weighted by Gasteiger charge is -2.09. The zero-order chi connectivity index (χ0) is 11.5. The maximum Gasteiger partial charge on any atom is 0.307 e. The van der Waals surface area contributed by atoms with Crippen molar-refractivity contribution in [3.05, 3.63) is 34.3 Å². The molecule has 0 bridgehead atoms. The summed E-state index contributed by atoms with van der Waals surface area (Å²) in [5, 5.41) is 8.65. The number of nitrogens with zero attached hydrogens (tertiary/aromatic N) is 1. The molecule has 16 heavy (non-hydrogen) atoms. The van der Waals surface area contributed by atoms with Crippen molar-refractivity contribution in [2.75, 3.05) is 6.54 Å². The quantitative estimate of drug-likeness (QED) is 0.924. The number of hydrogen-bond donors (Lipinski definition) is 1. The molecule has 0 saturated carbocycles. The second-order valence-corrected chi connectivity index (χ2v) is 4.32. The molecule has 1 aromatic rings. The van der Waals surface area contributed by atoms with Gasteiger partial charge in [0.25, 0.3) is 0 Å². The number of carboxylic acids is 1. The highest BCUT2D eigenvalue weighted by atomic mass is 79.9. The zero-order valence-electron chi connectivity index (χ0n) is 8.39. The summed E-state index contributed by atoms with van der Waals surface area (Å²) in [7, 11) is 0.